The Labute approximate surface area is 82.2 Å². The molecule has 0 radical (unpaired) electrons. The third kappa shape index (κ3) is 4.01. The lowest BCUT2D eigenvalue weighted by Crippen LogP contribution is -2.13. The summed E-state index contributed by atoms with van der Waals surface area (Å²) in [6, 6.07) is 6.61. The number of primary sulfonamides is 1. The van der Waals surface area contributed by atoms with E-state index in [-0.39, 0.29) is 11.4 Å². The van der Waals surface area contributed by atoms with Crippen molar-refractivity contribution in [3.63, 3.8) is 0 Å². The van der Waals surface area contributed by atoms with Crippen LogP contribution in [0.2, 0.25) is 0 Å². The van der Waals surface area contributed by atoms with Crippen LogP contribution in [0.1, 0.15) is 5.56 Å². The molecule has 1 aromatic rings. The Hall–Kier alpha value is -1.40. The van der Waals surface area contributed by atoms with Crippen molar-refractivity contribution < 1.29 is 18.3 Å². The molecule has 0 spiro atoms. The van der Waals surface area contributed by atoms with Gasteiger partial charge in [-0.05, 0) is 18.6 Å². The van der Waals surface area contributed by atoms with Gasteiger partial charge in [0.05, 0.1) is 4.90 Å². The molecule has 0 fully saturated rings. The smallest absolute Gasteiger partial charge is 0.290 e. The van der Waals surface area contributed by atoms with E-state index in [4.69, 9.17) is 15.0 Å². The maximum atomic E-state index is 10.8. The van der Waals surface area contributed by atoms with Crippen molar-refractivity contribution in [3.05, 3.63) is 29.8 Å². The molecule has 0 atom stereocenters. The molecule has 3 N–H and O–H groups in total. The van der Waals surface area contributed by atoms with Crippen LogP contribution in [0.5, 0.6) is 0 Å². The normalized spacial score (nSPS) is 9.86. The fraction of sp³-hybridized carbons (Fsp3) is 0.125. The molecular formula is C8H11NO4S. The molecule has 0 aliphatic rings. The molecule has 0 saturated heterocycles. The summed E-state index contributed by atoms with van der Waals surface area (Å²) < 4.78 is 21.7. The Bertz CT molecular complexity index is 400. The zero-order chi connectivity index (χ0) is 11.2. The zero-order valence-electron chi connectivity index (χ0n) is 7.54. The topological polar surface area (TPSA) is 97.5 Å². The van der Waals surface area contributed by atoms with Gasteiger partial charge in [0.25, 0.3) is 6.47 Å². The van der Waals surface area contributed by atoms with E-state index in [9.17, 15) is 8.42 Å². The van der Waals surface area contributed by atoms with Crippen molar-refractivity contribution in [3.8, 4) is 0 Å². The predicted molar refractivity (Wildman–Crippen MR) is 51.2 cm³/mol. The molecule has 1 rings (SSSR count). The van der Waals surface area contributed by atoms with Gasteiger partial charge in [-0.2, -0.15) is 0 Å². The van der Waals surface area contributed by atoms with Gasteiger partial charge in [-0.25, -0.2) is 13.6 Å². The molecule has 0 amide bonds. The van der Waals surface area contributed by atoms with Gasteiger partial charge in [-0.3, -0.25) is 4.79 Å². The highest BCUT2D eigenvalue weighted by Crippen LogP contribution is 2.10. The molecule has 0 aromatic heterocycles. The van der Waals surface area contributed by atoms with E-state index in [0.29, 0.717) is 5.56 Å². The zero-order valence-corrected chi connectivity index (χ0v) is 8.36. The lowest BCUT2D eigenvalue weighted by atomic mass is 10.2. The summed E-state index contributed by atoms with van der Waals surface area (Å²) in [6.07, 6.45) is 0. The summed E-state index contributed by atoms with van der Waals surface area (Å²) in [7, 11) is -3.53. The molecule has 14 heavy (non-hydrogen) atoms. The molecule has 0 heterocycles. The molecule has 0 bridgehead atoms. The van der Waals surface area contributed by atoms with E-state index in [1.807, 2.05) is 0 Å². The van der Waals surface area contributed by atoms with Gasteiger partial charge in [0.2, 0.25) is 10.0 Å². The minimum absolute atomic E-state index is 0.194. The van der Waals surface area contributed by atoms with Gasteiger partial charge in [0, 0.05) is 0 Å². The third-order valence-corrected chi connectivity index (χ3v) is 2.47. The maximum absolute atomic E-state index is 10.8. The van der Waals surface area contributed by atoms with E-state index < -0.39 is 10.0 Å². The van der Waals surface area contributed by atoms with Gasteiger partial charge < -0.3 is 5.11 Å². The average Bonchev–Trinajstić information content (AvgIpc) is 2.04. The first-order valence-corrected chi connectivity index (χ1v) is 5.14. The van der Waals surface area contributed by atoms with Gasteiger partial charge in [-0.1, -0.05) is 18.2 Å². The average molecular weight is 217 g/mol. The minimum Gasteiger partial charge on any atom is -0.483 e. The largest absolute Gasteiger partial charge is 0.483 e. The van der Waals surface area contributed by atoms with E-state index >= 15 is 0 Å². The summed E-state index contributed by atoms with van der Waals surface area (Å²) in [5.41, 5.74) is 0.676. The molecule has 0 aliphatic heterocycles. The summed E-state index contributed by atoms with van der Waals surface area (Å²) in [5, 5.41) is 11.8. The SMILES string of the molecule is Cc1ccccc1S(N)(=O)=O.O=CO. The molecule has 78 valence electrons. The van der Waals surface area contributed by atoms with Crippen molar-refractivity contribution in [1.82, 2.24) is 0 Å². The van der Waals surface area contributed by atoms with Crippen LogP contribution < -0.4 is 5.14 Å². The van der Waals surface area contributed by atoms with Crippen LogP contribution in [-0.2, 0) is 14.8 Å². The van der Waals surface area contributed by atoms with Crippen LogP contribution in [0.15, 0.2) is 29.2 Å². The van der Waals surface area contributed by atoms with E-state index in [1.165, 1.54) is 6.07 Å². The quantitative estimate of drug-likeness (QED) is 0.663. The van der Waals surface area contributed by atoms with Crippen molar-refractivity contribution in [2.45, 2.75) is 11.8 Å². The van der Waals surface area contributed by atoms with E-state index in [2.05, 4.69) is 0 Å². The molecule has 0 saturated carbocycles. The fourth-order valence-electron chi connectivity index (χ4n) is 0.876. The Kier molecular flexibility index (Phi) is 4.82. The number of hydrogen-bond donors (Lipinski definition) is 2. The predicted octanol–water partition coefficient (Wildman–Crippen LogP) is 0.343. The first kappa shape index (κ1) is 12.6. The van der Waals surface area contributed by atoms with Crippen molar-refractivity contribution >= 4 is 16.5 Å². The highest BCUT2D eigenvalue weighted by molar-refractivity contribution is 7.89. The Morgan fingerprint density at radius 2 is 1.79 bits per heavy atom. The lowest BCUT2D eigenvalue weighted by Gasteiger charge is -2.00. The number of carboxylic acid groups (broad SMARTS) is 1. The number of carbonyl (C=O) groups is 1. The number of sulfonamides is 1. The second-order valence-corrected chi connectivity index (χ2v) is 3.95. The minimum atomic E-state index is -3.53. The number of rotatable bonds is 1. The maximum Gasteiger partial charge on any atom is 0.290 e. The number of nitrogens with two attached hydrogens (primary N) is 1. The van der Waals surface area contributed by atoms with Crippen LogP contribution in [0.25, 0.3) is 0 Å². The van der Waals surface area contributed by atoms with Gasteiger partial charge in [-0.15, -0.1) is 0 Å². The number of hydrogen-bond acceptors (Lipinski definition) is 3. The van der Waals surface area contributed by atoms with Crippen LogP contribution >= 0.6 is 0 Å². The molecule has 6 heteroatoms. The van der Waals surface area contributed by atoms with Crippen LogP contribution in [0.4, 0.5) is 0 Å². The molecule has 5 nitrogen and oxygen atoms in total. The molecular weight excluding hydrogens is 206 g/mol. The van der Waals surface area contributed by atoms with Crippen LogP contribution in [0.3, 0.4) is 0 Å². The van der Waals surface area contributed by atoms with Crippen molar-refractivity contribution in [2.75, 3.05) is 0 Å². The summed E-state index contributed by atoms with van der Waals surface area (Å²) >= 11 is 0. The highest BCUT2D eigenvalue weighted by Gasteiger charge is 2.08. The lowest BCUT2D eigenvalue weighted by molar-refractivity contribution is -0.122. The first-order chi connectivity index (χ1) is 6.43. The fourth-order valence-corrected chi connectivity index (χ4v) is 1.66. The number of benzene rings is 1. The third-order valence-electron chi connectivity index (χ3n) is 1.40. The van der Waals surface area contributed by atoms with Crippen LogP contribution in [0, 0.1) is 6.92 Å². The standard InChI is InChI=1S/C7H9NO2S.CH2O2/c1-6-4-2-3-5-7(6)11(8,9)10;2-1-3/h2-5H,1H3,(H2,8,9,10);1H,(H,2,3). The van der Waals surface area contributed by atoms with Crippen molar-refractivity contribution in [1.29, 1.82) is 0 Å². The molecule has 0 unspecified atom stereocenters. The van der Waals surface area contributed by atoms with E-state index in [0.717, 1.165) is 0 Å². The van der Waals surface area contributed by atoms with Crippen molar-refractivity contribution in [2.24, 2.45) is 5.14 Å². The van der Waals surface area contributed by atoms with Gasteiger partial charge in [0.1, 0.15) is 0 Å². The van der Waals surface area contributed by atoms with E-state index in [1.54, 1.807) is 25.1 Å². The Balaban J connectivity index is 0.000000500. The molecule has 1 aromatic carbocycles. The summed E-state index contributed by atoms with van der Waals surface area (Å²) in [6.45, 7) is 1.46. The van der Waals surface area contributed by atoms with Gasteiger partial charge >= 0.3 is 0 Å². The Morgan fingerprint density at radius 3 is 2.07 bits per heavy atom. The first-order valence-electron chi connectivity index (χ1n) is 3.59. The second kappa shape index (κ2) is 5.36. The second-order valence-electron chi connectivity index (χ2n) is 2.42. The highest BCUT2D eigenvalue weighted by atomic mass is 32.2. The van der Waals surface area contributed by atoms with Gasteiger partial charge in [0.15, 0.2) is 0 Å². The molecule has 0 aliphatic carbocycles. The monoisotopic (exact) mass is 217 g/mol. The summed E-state index contributed by atoms with van der Waals surface area (Å²) in [5.74, 6) is 0. The number of aryl methyl sites for hydroxylation is 1. The summed E-state index contributed by atoms with van der Waals surface area (Å²) in [4.78, 5) is 8.56. The van der Waals surface area contributed by atoms with Crippen LogP contribution in [-0.4, -0.2) is 20.0 Å². The Morgan fingerprint density at radius 1 is 1.36 bits per heavy atom.